The molecular weight excluding hydrogens is 238 g/mol. The molecule has 0 aromatic carbocycles. The van der Waals surface area contributed by atoms with E-state index in [2.05, 4.69) is 11.9 Å². The standard InChI is InChI=1S/C16H29NO2/c1-17(12-11-13-5-3-4-6-13)15-9-7-14(8-10-15)16(18)19-2/h13-15H,3-12H2,1-2H3. The molecule has 3 heteroatoms. The Hall–Kier alpha value is -0.570. The van der Waals surface area contributed by atoms with Crippen molar-refractivity contribution in [1.82, 2.24) is 4.90 Å². The Bertz CT molecular complexity index is 278. The lowest BCUT2D eigenvalue weighted by atomic mass is 9.85. The number of esters is 1. The van der Waals surface area contributed by atoms with E-state index in [0.29, 0.717) is 6.04 Å². The summed E-state index contributed by atoms with van der Waals surface area (Å²) in [6.45, 7) is 1.23. The van der Waals surface area contributed by atoms with Crippen molar-refractivity contribution >= 4 is 5.97 Å². The summed E-state index contributed by atoms with van der Waals surface area (Å²) in [5.74, 6) is 1.13. The number of carbonyl (C=O) groups is 1. The Balaban J connectivity index is 1.66. The van der Waals surface area contributed by atoms with Crippen LogP contribution in [0, 0.1) is 11.8 Å². The Morgan fingerprint density at radius 1 is 1.11 bits per heavy atom. The lowest BCUT2D eigenvalue weighted by Gasteiger charge is -2.34. The summed E-state index contributed by atoms with van der Waals surface area (Å²) in [7, 11) is 3.76. The highest BCUT2D eigenvalue weighted by molar-refractivity contribution is 5.72. The molecule has 19 heavy (non-hydrogen) atoms. The highest BCUT2D eigenvalue weighted by Gasteiger charge is 2.28. The van der Waals surface area contributed by atoms with Gasteiger partial charge in [-0.05, 0) is 51.6 Å². The smallest absolute Gasteiger partial charge is 0.308 e. The van der Waals surface area contributed by atoms with Gasteiger partial charge < -0.3 is 9.64 Å². The van der Waals surface area contributed by atoms with E-state index < -0.39 is 0 Å². The maximum absolute atomic E-state index is 11.5. The average molecular weight is 267 g/mol. The molecule has 2 aliphatic carbocycles. The van der Waals surface area contributed by atoms with Crippen molar-refractivity contribution in [3.8, 4) is 0 Å². The zero-order valence-electron chi connectivity index (χ0n) is 12.6. The second kappa shape index (κ2) is 7.28. The van der Waals surface area contributed by atoms with E-state index in [-0.39, 0.29) is 11.9 Å². The van der Waals surface area contributed by atoms with E-state index >= 15 is 0 Å². The van der Waals surface area contributed by atoms with E-state index in [4.69, 9.17) is 4.74 Å². The zero-order chi connectivity index (χ0) is 13.7. The molecular formula is C16H29NO2. The van der Waals surface area contributed by atoms with E-state index in [1.165, 1.54) is 45.8 Å². The number of hydrogen-bond acceptors (Lipinski definition) is 3. The summed E-state index contributed by atoms with van der Waals surface area (Å²) in [6, 6.07) is 0.683. The van der Waals surface area contributed by atoms with Gasteiger partial charge in [-0.15, -0.1) is 0 Å². The van der Waals surface area contributed by atoms with E-state index in [1.54, 1.807) is 0 Å². The van der Waals surface area contributed by atoms with Crippen LogP contribution in [0.3, 0.4) is 0 Å². The topological polar surface area (TPSA) is 29.5 Å². The zero-order valence-corrected chi connectivity index (χ0v) is 12.6. The lowest BCUT2D eigenvalue weighted by Crippen LogP contribution is -2.37. The molecule has 110 valence electrons. The molecule has 2 aliphatic rings. The quantitative estimate of drug-likeness (QED) is 0.716. The molecule has 0 bridgehead atoms. The Morgan fingerprint density at radius 2 is 1.74 bits per heavy atom. The Morgan fingerprint density at radius 3 is 2.32 bits per heavy atom. The van der Waals surface area contributed by atoms with Crippen molar-refractivity contribution in [1.29, 1.82) is 0 Å². The Kier molecular flexibility index (Phi) is 5.68. The van der Waals surface area contributed by atoms with Gasteiger partial charge in [0.05, 0.1) is 13.0 Å². The van der Waals surface area contributed by atoms with Gasteiger partial charge in [-0.1, -0.05) is 25.7 Å². The van der Waals surface area contributed by atoms with Crippen LogP contribution in [0.4, 0.5) is 0 Å². The van der Waals surface area contributed by atoms with Gasteiger partial charge in [-0.2, -0.15) is 0 Å². The molecule has 0 aromatic rings. The van der Waals surface area contributed by atoms with Gasteiger partial charge in [0, 0.05) is 6.04 Å². The van der Waals surface area contributed by atoms with E-state index in [0.717, 1.165) is 31.6 Å². The van der Waals surface area contributed by atoms with Gasteiger partial charge in [0.1, 0.15) is 0 Å². The molecule has 2 fully saturated rings. The number of nitrogens with zero attached hydrogens (tertiary/aromatic N) is 1. The van der Waals surface area contributed by atoms with Crippen LogP contribution < -0.4 is 0 Å². The van der Waals surface area contributed by atoms with Crippen molar-refractivity contribution in [2.45, 2.75) is 63.8 Å². The molecule has 0 saturated heterocycles. The highest BCUT2D eigenvalue weighted by atomic mass is 16.5. The van der Waals surface area contributed by atoms with Crippen LogP contribution in [0.15, 0.2) is 0 Å². The van der Waals surface area contributed by atoms with E-state index in [9.17, 15) is 4.79 Å². The van der Waals surface area contributed by atoms with Crippen LogP contribution in [0.5, 0.6) is 0 Å². The first-order valence-electron chi connectivity index (χ1n) is 7.98. The Labute approximate surface area is 117 Å². The van der Waals surface area contributed by atoms with Crippen LogP contribution in [-0.4, -0.2) is 37.6 Å². The number of ether oxygens (including phenoxy) is 1. The van der Waals surface area contributed by atoms with Crippen molar-refractivity contribution in [3.63, 3.8) is 0 Å². The second-order valence-corrected chi connectivity index (χ2v) is 6.45. The minimum absolute atomic E-state index is 0.00735. The number of rotatable bonds is 5. The third-order valence-electron chi connectivity index (χ3n) is 5.22. The molecule has 2 saturated carbocycles. The first-order valence-corrected chi connectivity index (χ1v) is 7.98. The number of hydrogen-bond donors (Lipinski definition) is 0. The summed E-state index contributed by atoms with van der Waals surface area (Å²) < 4.78 is 4.85. The third kappa shape index (κ3) is 4.20. The first kappa shape index (κ1) is 14.8. The molecule has 3 nitrogen and oxygen atoms in total. The van der Waals surface area contributed by atoms with Gasteiger partial charge in [0.2, 0.25) is 0 Å². The van der Waals surface area contributed by atoms with Crippen LogP contribution >= 0.6 is 0 Å². The van der Waals surface area contributed by atoms with Gasteiger partial charge in [0.25, 0.3) is 0 Å². The molecule has 0 aromatic heterocycles. The summed E-state index contributed by atoms with van der Waals surface area (Å²) in [5, 5.41) is 0. The summed E-state index contributed by atoms with van der Waals surface area (Å²) in [5.41, 5.74) is 0. The lowest BCUT2D eigenvalue weighted by molar-refractivity contribution is -0.146. The van der Waals surface area contributed by atoms with Gasteiger partial charge in [-0.3, -0.25) is 4.79 Å². The molecule has 0 amide bonds. The molecule has 0 aliphatic heterocycles. The normalized spacial score (nSPS) is 28.8. The molecule has 0 N–H and O–H groups in total. The summed E-state index contributed by atoms with van der Waals surface area (Å²) in [6.07, 6.45) is 11.5. The maximum Gasteiger partial charge on any atom is 0.308 e. The first-order chi connectivity index (χ1) is 9.20. The monoisotopic (exact) mass is 267 g/mol. The van der Waals surface area contributed by atoms with Crippen molar-refractivity contribution in [2.24, 2.45) is 11.8 Å². The molecule has 2 rings (SSSR count). The average Bonchev–Trinajstić information content (AvgIpc) is 2.97. The molecule has 0 atom stereocenters. The van der Waals surface area contributed by atoms with Crippen LogP contribution in [0.2, 0.25) is 0 Å². The maximum atomic E-state index is 11.5. The fourth-order valence-electron chi connectivity index (χ4n) is 3.79. The summed E-state index contributed by atoms with van der Waals surface area (Å²) >= 11 is 0. The number of methoxy groups -OCH3 is 1. The van der Waals surface area contributed by atoms with Crippen molar-refractivity contribution in [3.05, 3.63) is 0 Å². The number of carbonyl (C=O) groups excluding carboxylic acids is 1. The van der Waals surface area contributed by atoms with Gasteiger partial charge in [0.15, 0.2) is 0 Å². The van der Waals surface area contributed by atoms with Crippen LogP contribution in [-0.2, 0) is 9.53 Å². The fourth-order valence-corrected chi connectivity index (χ4v) is 3.79. The molecule has 0 unspecified atom stereocenters. The van der Waals surface area contributed by atoms with Crippen LogP contribution in [0.1, 0.15) is 57.8 Å². The minimum Gasteiger partial charge on any atom is -0.469 e. The predicted octanol–water partition coefficient (Wildman–Crippen LogP) is 3.23. The SMILES string of the molecule is COC(=O)C1CCC(N(C)CCC2CCCC2)CC1. The van der Waals surface area contributed by atoms with Crippen molar-refractivity contribution in [2.75, 3.05) is 20.7 Å². The molecule has 0 radical (unpaired) electrons. The fraction of sp³-hybridized carbons (Fsp3) is 0.938. The van der Waals surface area contributed by atoms with Crippen LogP contribution in [0.25, 0.3) is 0 Å². The molecule has 0 spiro atoms. The summed E-state index contributed by atoms with van der Waals surface area (Å²) in [4.78, 5) is 14.0. The highest BCUT2D eigenvalue weighted by Crippen LogP contribution is 2.30. The molecule has 0 heterocycles. The largest absolute Gasteiger partial charge is 0.469 e. The predicted molar refractivity (Wildman–Crippen MR) is 77.0 cm³/mol. The minimum atomic E-state index is -0.00735. The van der Waals surface area contributed by atoms with Crippen molar-refractivity contribution < 1.29 is 9.53 Å². The van der Waals surface area contributed by atoms with Gasteiger partial charge >= 0.3 is 5.97 Å². The second-order valence-electron chi connectivity index (χ2n) is 6.45. The van der Waals surface area contributed by atoms with E-state index in [1.807, 2.05) is 0 Å². The van der Waals surface area contributed by atoms with Gasteiger partial charge in [-0.25, -0.2) is 0 Å². The third-order valence-corrected chi connectivity index (χ3v) is 5.22.